The highest BCUT2D eigenvalue weighted by atomic mass is 35.5. The van der Waals surface area contributed by atoms with E-state index < -0.39 is 0 Å². The minimum atomic E-state index is 0.392. The number of carbonyl (C=O) groups is 1. The number of hydrogen-bond donors (Lipinski definition) is 0. The van der Waals surface area contributed by atoms with Crippen molar-refractivity contribution in [3.05, 3.63) is 52.0 Å². The van der Waals surface area contributed by atoms with Gasteiger partial charge >= 0.3 is 0 Å². The molecule has 1 heterocycles. The molecule has 0 spiro atoms. The monoisotopic (exact) mass is 254 g/mol. The Balaban J connectivity index is 2.29. The number of imidazole rings is 1. The molecule has 0 fully saturated rings. The van der Waals surface area contributed by atoms with Gasteiger partial charge in [0.15, 0.2) is 6.29 Å². The van der Waals surface area contributed by atoms with E-state index in [1.165, 1.54) is 0 Å². The Bertz CT molecular complexity index is 502. The molecule has 3 nitrogen and oxygen atoms in total. The molecule has 0 N–H and O–H groups in total. The number of aromatic nitrogens is 2. The Morgan fingerprint density at radius 3 is 2.56 bits per heavy atom. The summed E-state index contributed by atoms with van der Waals surface area (Å²) in [6.45, 7) is 0.499. The zero-order chi connectivity index (χ0) is 11.5. The van der Waals surface area contributed by atoms with Crippen LogP contribution in [0.25, 0.3) is 0 Å². The number of halogens is 2. The second kappa shape index (κ2) is 4.68. The smallest absolute Gasteiger partial charge is 0.169 e. The van der Waals surface area contributed by atoms with Crippen molar-refractivity contribution >= 4 is 29.5 Å². The van der Waals surface area contributed by atoms with Crippen molar-refractivity contribution in [2.45, 2.75) is 6.54 Å². The first-order valence-electron chi connectivity index (χ1n) is 4.60. The van der Waals surface area contributed by atoms with Crippen LogP contribution < -0.4 is 0 Å². The quantitative estimate of drug-likeness (QED) is 0.790. The van der Waals surface area contributed by atoms with E-state index in [0.29, 0.717) is 28.6 Å². The summed E-state index contributed by atoms with van der Waals surface area (Å²) in [5.41, 5.74) is 1.21. The van der Waals surface area contributed by atoms with Gasteiger partial charge in [-0.2, -0.15) is 0 Å². The summed E-state index contributed by atoms with van der Waals surface area (Å²) in [5.74, 6) is 0. The van der Waals surface area contributed by atoms with Gasteiger partial charge in [-0.15, -0.1) is 0 Å². The predicted molar refractivity (Wildman–Crippen MR) is 63.2 cm³/mol. The minimum absolute atomic E-state index is 0.392. The molecule has 0 aliphatic carbocycles. The molecule has 0 aliphatic heterocycles. The summed E-state index contributed by atoms with van der Waals surface area (Å²) >= 11 is 12.1. The van der Waals surface area contributed by atoms with Crippen LogP contribution in [0.2, 0.25) is 10.0 Å². The van der Waals surface area contributed by atoms with Crippen LogP contribution in [0.15, 0.2) is 30.7 Å². The fourth-order valence-electron chi connectivity index (χ4n) is 1.39. The van der Waals surface area contributed by atoms with Crippen molar-refractivity contribution in [1.29, 1.82) is 0 Å². The van der Waals surface area contributed by atoms with Crippen LogP contribution >= 0.6 is 23.2 Å². The Morgan fingerprint density at radius 2 is 2.00 bits per heavy atom. The Hall–Kier alpha value is -1.32. The third-order valence-corrected chi connectivity index (χ3v) is 2.88. The van der Waals surface area contributed by atoms with Crippen molar-refractivity contribution in [2.24, 2.45) is 0 Å². The molecule has 2 rings (SSSR count). The van der Waals surface area contributed by atoms with E-state index in [0.717, 1.165) is 5.56 Å². The maximum Gasteiger partial charge on any atom is 0.169 e. The fourth-order valence-corrected chi connectivity index (χ4v) is 1.91. The zero-order valence-electron chi connectivity index (χ0n) is 8.23. The van der Waals surface area contributed by atoms with E-state index in [2.05, 4.69) is 4.98 Å². The summed E-state index contributed by atoms with van der Waals surface area (Å²) in [4.78, 5) is 14.4. The number of rotatable bonds is 3. The standard InChI is InChI=1S/C11H8Cl2N2O/c12-10-2-1-3-11(13)9(10)5-15-4-8(6-16)14-7-15/h1-4,6-7H,5H2. The van der Waals surface area contributed by atoms with Gasteiger partial charge in [-0.1, -0.05) is 29.3 Å². The summed E-state index contributed by atoms with van der Waals surface area (Å²) in [5, 5.41) is 1.21. The van der Waals surface area contributed by atoms with Gasteiger partial charge in [0, 0.05) is 21.8 Å². The van der Waals surface area contributed by atoms with Gasteiger partial charge in [-0.05, 0) is 12.1 Å². The first-order valence-corrected chi connectivity index (χ1v) is 5.36. The van der Waals surface area contributed by atoms with E-state index in [1.807, 2.05) is 0 Å². The highest BCUT2D eigenvalue weighted by molar-refractivity contribution is 6.35. The van der Waals surface area contributed by atoms with Crippen molar-refractivity contribution in [1.82, 2.24) is 9.55 Å². The Kier molecular flexibility index (Phi) is 3.27. The SMILES string of the molecule is O=Cc1cn(Cc2c(Cl)cccc2Cl)cn1. The third kappa shape index (κ3) is 2.26. The molecule has 5 heteroatoms. The van der Waals surface area contributed by atoms with Crippen LogP contribution in [0.4, 0.5) is 0 Å². The van der Waals surface area contributed by atoms with Gasteiger partial charge < -0.3 is 4.57 Å². The van der Waals surface area contributed by atoms with E-state index in [1.54, 1.807) is 35.3 Å². The van der Waals surface area contributed by atoms with Gasteiger partial charge in [-0.3, -0.25) is 4.79 Å². The molecule has 0 radical (unpaired) electrons. The number of nitrogens with zero attached hydrogens (tertiary/aromatic N) is 2. The van der Waals surface area contributed by atoms with Crippen LogP contribution in [0.1, 0.15) is 16.1 Å². The Labute approximate surface area is 103 Å². The summed E-state index contributed by atoms with van der Waals surface area (Å²) in [6.07, 6.45) is 3.92. The maximum atomic E-state index is 10.5. The average Bonchev–Trinajstić information content (AvgIpc) is 2.71. The largest absolute Gasteiger partial charge is 0.332 e. The molecule has 0 aliphatic rings. The van der Waals surface area contributed by atoms with Gasteiger partial charge in [-0.25, -0.2) is 4.98 Å². The van der Waals surface area contributed by atoms with E-state index in [9.17, 15) is 4.79 Å². The molecular weight excluding hydrogens is 247 g/mol. The van der Waals surface area contributed by atoms with Crippen LogP contribution in [-0.4, -0.2) is 15.8 Å². The van der Waals surface area contributed by atoms with Crippen LogP contribution in [0.3, 0.4) is 0 Å². The van der Waals surface area contributed by atoms with Gasteiger partial charge in [0.1, 0.15) is 5.69 Å². The highest BCUT2D eigenvalue weighted by Crippen LogP contribution is 2.24. The molecule has 0 atom stereocenters. The maximum absolute atomic E-state index is 10.5. The van der Waals surface area contributed by atoms with Crippen molar-refractivity contribution in [3.8, 4) is 0 Å². The molecule has 0 amide bonds. The molecular formula is C11H8Cl2N2O. The molecule has 0 unspecified atom stereocenters. The molecule has 82 valence electrons. The van der Waals surface area contributed by atoms with Crippen LogP contribution in [0, 0.1) is 0 Å². The van der Waals surface area contributed by atoms with Crippen LogP contribution in [-0.2, 0) is 6.54 Å². The number of carbonyl (C=O) groups excluding carboxylic acids is 1. The number of benzene rings is 1. The van der Waals surface area contributed by atoms with E-state index >= 15 is 0 Å². The van der Waals surface area contributed by atoms with E-state index in [-0.39, 0.29) is 0 Å². The van der Waals surface area contributed by atoms with Crippen molar-refractivity contribution < 1.29 is 4.79 Å². The third-order valence-electron chi connectivity index (χ3n) is 2.18. The second-order valence-electron chi connectivity index (χ2n) is 3.29. The normalized spacial score (nSPS) is 10.4. The van der Waals surface area contributed by atoms with Gasteiger partial charge in [0.05, 0.1) is 12.9 Å². The molecule has 0 saturated heterocycles. The molecule has 1 aromatic carbocycles. The van der Waals surface area contributed by atoms with Crippen LogP contribution in [0.5, 0.6) is 0 Å². The lowest BCUT2D eigenvalue weighted by Crippen LogP contribution is -1.98. The Morgan fingerprint density at radius 1 is 1.31 bits per heavy atom. The summed E-state index contributed by atoms with van der Waals surface area (Å²) < 4.78 is 1.76. The molecule has 0 bridgehead atoms. The molecule has 2 aromatic rings. The van der Waals surface area contributed by atoms with Crippen molar-refractivity contribution in [3.63, 3.8) is 0 Å². The molecule has 16 heavy (non-hydrogen) atoms. The number of aldehydes is 1. The van der Waals surface area contributed by atoms with Gasteiger partial charge in [0.25, 0.3) is 0 Å². The van der Waals surface area contributed by atoms with Gasteiger partial charge in [0.2, 0.25) is 0 Å². The zero-order valence-corrected chi connectivity index (χ0v) is 9.74. The second-order valence-corrected chi connectivity index (χ2v) is 4.10. The minimum Gasteiger partial charge on any atom is -0.332 e. The lowest BCUT2D eigenvalue weighted by atomic mass is 10.2. The molecule has 1 aromatic heterocycles. The fraction of sp³-hybridized carbons (Fsp3) is 0.0909. The lowest BCUT2D eigenvalue weighted by molar-refractivity contribution is 0.111. The van der Waals surface area contributed by atoms with Crippen molar-refractivity contribution in [2.75, 3.05) is 0 Å². The van der Waals surface area contributed by atoms with E-state index in [4.69, 9.17) is 23.2 Å². The summed E-state index contributed by atoms with van der Waals surface area (Å²) in [6, 6.07) is 5.35. The first-order chi connectivity index (χ1) is 7.70. The lowest BCUT2D eigenvalue weighted by Gasteiger charge is -2.06. The topological polar surface area (TPSA) is 34.9 Å². The summed E-state index contributed by atoms with van der Waals surface area (Å²) in [7, 11) is 0. The predicted octanol–water partition coefficient (Wildman–Crippen LogP) is 3.05. The average molecular weight is 255 g/mol. The first kappa shape index (κ1) is 11.2. The highest BCUT2D eigenvalue weighted by Gasteiger charge is 2.06. The molecule has 0 saturated carbocycles. The number of hydrogen-bond acceptors (Lipinski definition) is 2.